The van der Waals surface area contributed by atoms with E-state index in [0.29, 0.717) is 17.4 Å². The quantitative estimate of drug-likeness (QED) is 0.661. The predicted molar refractivity (Wildman–Crippen MR) is 74.0 cm³/mol. The Morgan fingerprint density at radius 2 is 2.06 bits per heavy atom. The summed E-state index contributed by atoms with van der Waals surface area (Å²) in [5, 5.41) is 3.18. The topological polar surface area (TPSA) is 69.4 Å². The first-order valence-electron chi connectivity index (χ1n) is 6.40. The molecule has 0 bridgehead atoms. The van der Waals surface area contributed by atoms with E-state index in [4.69, 9.17) is 15.2 Å². The Kier molecular flexibility index (Phi) is 6.94. The zero-order valence-electron chi connectivity index (χ0n) is 11.2. The lowest BCUT2D eigenvalue weighted by Gasteiger charge is -2.09. The van der Waals surface area contributed by atoms with Crippen LogP contribution in [-0.2, 0) is 4.74 Å². The van der Waals surface area contributed by atoms with E-state index in [1.807, 2.05) is 0 Å². The van der Waals surface area contributed by atoms with Crippen molar-refractivity contribution in [3.8, 4) is 5.88 Å². The van der Waals surface area contributed by atoms with E-state index in [9.17, 15) is 0 Å². The molecular formula is C13H23N3O2. The summed E-state index contributed by atoms with van der Waals surface area (Å²) in [5.41, 5.74) is 6.44. The van der Waals surface area contributed by atoms with Crippen LogP contribution in [0, 0.1) is 0 Å². The van der Waals surface area contributed by atoms with Gasteiger partial charge in [0.1, 0.15) is 0 Å². The molecule has 1 aromatic heterocycles. The van der Waals surface area contributed by atoms with Gasteiger partial charge >= 0.3 is 0 Å². The van der Waals surface area contributed by atoms with Crippen LogP contribution < -0.4 is 15.8 Å². The Hall–Kier alpha value is -1.49. The molecule has 18 heavy (non-hydrogen) atoms. The summed E-state index contributed by atoms with van der Waals surface area (Å²) in [7, 11) is 1.59. The van der Waals surface area contributed by atoms with Crippen molar-refractivity contribution in [1.29, 1.82) is 0 Å². The predicted octanol–water partition coefficient (Wildman–Crippen LogP) is 2.29. The smallest absolute Gasteiger partial charge is 0.215 e. The third kappa shape index (κ3) is 5.23. The number of nitrogens with one attached hydrogen (secondary N) is 1. The molecule has 0 saturated carbocycles. The van der Waals surface area contributed by atoms with Crippen LogP contribution in [0.4, 0.5) is 11.5 Å². The highest BCUT2D eigenvalue weighted by Crippen LogP contribution is 2.19. The summed E-state index contributed by atoms with van der Waals surface area (Å²) >= 11 is 0. The molecule has 0 aromatic carbocycles. The molecule has 0 radical (unpaired) electrons. The molecule has 0 saturated heterocycles. The standard InChI is InChI=1S/C13H23N3O2/c1-3-4-9-18-10-5-8-15-13-11(14)6-7-12(16-13)17-2/h6-7H,3-5,8-10,14H2,1-2H3,(H,15,16). The van der Waals surface area contributed by atoms with Crippen LogP contribution in [0.3, 0.4) is 0 Å². The number of aromatic nitrogens is 1. The zero-order valence-corrected chi connectivity index (χ0v) is 11.2. The largest absolute Gasteiger partial charge is 0.481 e. The van der Waals surface area contributed by atoms with Gasteiger partial charge in [-0.3, -0.25) is 0 Å². The maximum atomic E-state index is 5.81. The third-order valence-electron chi connectivity index (χ3n) is 2.51. The van der Waals surface area contributed by atoms with E-state index in [1.165, 1.54) is 6.42 Å². The minimum Gasteiger partial charge on any atom is -0.481 e. The van der Waals surface area contributed by atoms with E-state index < -0.39 is 0 Å². The molecular weight excluding hydrogens is 230 g/mol. The Morgan fingerprint density at radius 1 is 1.28 bits per heavy atom. The molecule has 0 aliphatic carbocycles. The number of pyridine rings is 1. The number of hydrogen-bond acceptors (Lipinski definition) is 5. The highest BCUT2D eigenvalue weighted by atomic mass is 16.5. The Labute approximate surface area is 109 Å². The second-order valence-electron chi connectivity index (χ2n) is 4.04. The molecule has 0 fully saturated rings. The normalized spacial score (nSPS) is 10.3. The molecule has 1 aromatic rings. The van der Waals surface area contributed by atoms with Crippen LogP contribution in [0.25, 0.3) is 0 Å². The molecule has 0 aliphatic heterocycles. The lowest BCUT2D eigenvalue weighted by molar-refractivity contribution is 0.131. The van der Waals surface area contributed by atoms with E-state index in [1.54, 1.807) is 19.2 Å². The third-order valence-corrected chi connectivity index (χ3v) is 2.51. The first-order chi connectivity index (χ1) is 8.77. The molecule has 102 valence electrons. The second-order valence-corrected chi connectivity index (χ2v) is 4.04. The van der Waals surface area contributed by atoms with Crippen molar-refractivity contribution in [2.75, 3.05) is 37.9 Å². The van der Waals surface area contributed by atoms with Gasteiger partial charge in [-0.15, -0.1) is 0 Å². The van der Waals surface area contributed by atoms with Crippen LogP contribution in [-0.4, -0.2) is 31.9 Å². The number of anilines is 2. The molecule has 0 amide bonds. The minimum atomic E-state index is 0.561. The second kappa shape index (κ2) is 8.58. The number of nitrogen functional groups attached to an aromatic ring is 1. The number of methoxy groups -OCH3 is 1. The average Bonchev–Trinajstić information content (AvgIpc) is 2.39. The number of nitrogens with two attached hydrogens (primary N) is 1. The van der Waals surface area contributed by atoms with E-state index >= 15 is 0 Å². The molecule has 0 aliphatic rings. The van der Waals surface area contributed by atoms with Gasteiger partial charge in [-0.2, -0.15) is 4.98 Å². The molecule has 0 atom stereocenters. The van der Waals surface area contributed by atoms with Crippen molar-refractivity contribution in [3.63, 3.8) is 0 Å². The van der Waals surface area contributed by atoms with Gasteiger partial charge in [0.05, 0.1) is 12.8 Å². The maximum Gasteiger partial charge on any atom is 0.215 e. The Balaban J connectivity index is 2.22. The lowest BCUT2D eigenvalue weighted by Crippen LogP contribution is -2.09. The van der Waals surface area contributed by atoms with E-state index in [-0.39, 0.29) is 0 Å². The number of unbranched alkanes of at least 4 members (excludes halogenated alkanes) is 1. The highest BCUT2D eigenvalue weighted by Gasteiger charge is 2.02. The Bertz CT molecular complexity index is 345. The van der Waals surface area contributed by atoms with Crippen molar-refractivity contribution in [2.45, 2.75) is 26.2 Å². The van der Waals surface area contributed by atoms with Gasteiger partial charge in [0, 0.05) is 25.8 Å². The van der Waals surface area contributed by atoms with Gasteiger partial charge in [-0.25, -0.2) is 0 Å². The fourth-order valence-corrected chi connectivity index (χ4v) is 1.44. The van der Waals surface area contributed by atoms with Gasteiger partial charge in [0.25, 0.3) is 0 Å². The first-order valence-corrected chi connectivity index (χ1v) is 6.40. The maximum absolute atomic E-state index is 5.81. The fraction of sp³-hybridized carbons (Fsp3) is 0.615. The summed E-state index contributed by atoms with van der Waals surface area (Å²) in [6, 6.07) is 3.53. The summed E-state index contributed by atoms with van der Waals surface area (Å²) < 4.78 is 10.5. The number of nitrogens with zero attached hydrogens (tertiary/aromatic N) is 1. The van der Waals surface area contributed by atoms with Gasteiger partial charge < -0.3 is 20.5 Å². The summed E-state index contributed by atoms with van der Waals surface area (Å²) in [4.78, 5) is 4.24. The van der Waals surface area contributed by atoms with Gasteiger partial charge in [-0.05, 0) is 18.9 Å². The summed E-state index contributed by atoms with van der Waals surface area (Å²) in [6.07, 6.45) is 3.22. The molecule has 5 heteroatoms. The van der Waals surface area contributed by atoms with E-state index in [0.717, 1.165) is 32.6 Å². The molecule has 5 nitrogen and oxygen atoms in total. The lowest BCUT2D eigenvalue weighted by atomic mass is 10.3. The highest BCUT2D eigenvalue weighted by molar-refractivity contribution is 5.61. The number of hydrogen-bond donors (Lipinski definition) is 2. The van der Waals surface area contributed by atoms with Crippen LogP contribution in [0.5, 0.6) is 5.88 Å². The van der Waals surface area contributed by atoms with Gasteiger partial charge in [0.2, 0.25) is 5.88 Å². The molecule has 1 heterocycles. The van der Waals surface area contributed by atoms with Gasteiger partial charge in [-0.1, -0.05) is 13.3 Å². The first kappa shape index (κ1) is 14.6. The Morgan fingerprint density at radius 3 is 2.78 bits per heavy atom. The number of rotatable bonds is 9. The fourth-order valence-electron chi connectivity index (χ4n) is 1.44. The molecule has 3 N–H and O–H groups in total. The SMILES string of the molecule is CCCCOCCCNc1nc(OC)ccc1N. The zero-order chi connectivity index (χ0) is 13.2. The molecule has 0 unspecified atom stereocenters. The summed E-state index contributed by atoms with van der Waals surface area (Å²) in [5.74, 6) is 1.23. The van der Waals surface area contributed by atoms with Crippen molar-refractivity contribution in [3.05, 3.63) is 12.1 Å². The van der Waals surface area contributed by atoms with Gasteiger partial charge in [0.15, 0.2) is 5.82 Å². The van der Waals surface area contributed by atoms with Crippen molar-refractivity contribution < 1.29 is 9.47 Å². The molecule has 1 rings (SSSR count). The average molecular weight is 253 g/mol. The van der Waals surface area contributed by atoms with Crippen LogP contribution >= 0.6 is 0 Å². The van der Waals surface area contributed by atoms with Crippen LogP contribution in [0.15, 0.2) is 12.1 Å². The van der Waals surface area contributed by atoms with Crippen molar-refractivity contribution in [1.82, 2.24) is 4.98 Å². The van der Waals surface area contributed by atoms with Crippen molar-refractivity contribution in [2.24, 2.45) is 0 Å². The minimum absolute atomic E-state index is 0.561. The summed E-state index contributed by atoms with van der Waals surface area (Å²) in [6.45, 7) is 4.55. The van der Waals surface area contributed by atoms with Crippen LogP contribution in [0.1, 0.15) is 26.2 Å². The monoisotopic (exact) mass is 253 g/mol. The van der Waals surface area contributed by atoms with Crippen LogP contribution in [0.2, 0.25) is 0 Å². The molecule has 0 spiro atoms. The number of ether oxygens (including phenoxy) is 2. The van der Waals surface area contributed by atoms with Crippen molar-refractivity contribution >= 4 is 11.5 Å². The van der Waals surface area contributed by atoms with E-state index in [2.05, 4.69) is 17.2 Å².